The first-order valence-corrected chi connectivity index (χ1v) is 8.56. The van der Waals surface area contributed by atoms with Crippen LogP contribution in [0.1, 0.15) is 85.0 Å². The zero-order valence-corrected chi connectivity index (χ0v) is 13.0. The van der Waals surface area contributed by atoms with Gasteiger partial charge in [-0.15, -0.1) is 0 Å². The monoisotopic (exact) mass is 253 g/mol. The lowest BCUT2D eigenvalue weighted by Crippen LogP contribution is -2.43. The molecule has 108 valence electrons. The highest BCUT2D eigenvalue weighted by molar-refractivity contribution is 4.85. The van der Waals surface area contributed by atoms with Crippen molar-refractivity contribution in [3.8, 4) is 0 Å². The molecule has 1 rings (SSSR count). The average Bonchev–Trinajstić information content (AvgIpc) is 2.41. The van der Waals surface area contributed by atoms with E-state index in [1.165, 1.54) is 70.8 Å². The fourth-order valence-electron chi connectivity index (χ4n) is 3.77. The third-order valence-electron chi connectivity index (χ3n) is 4.61. The summed E-state index contributed by atoms with van der Waals surface area (Å²) in [6, 6.07) is 0.810. The molecule has 0 aromatic rings. The minimum absolute atomic E-state index is 0.810. The predicted molar refractivity (Wildman–Crippen MR) is 82.0 cm³/mol. The highest BCUT2D eigenvalue weighted by Gasteiger charge is 2.28. The zero-order valence-electron chi connectivity index (χ0n) is 13.0. The van der Waals surface area contributed by atoms with Crippen molar-refractivity contribution in [2.45, 2.75) is 91.0 Å². The van der Waals surface area contributed by atoms with Gasteiger partial charge >= 0.3 is 0 Å². The molecular weight excluding hydrogens is 218 g/mol. The van der Waals surface area contributed by atoms with E-state index in [2.05, 4.69) is 26.1 Å². The molecule has 1 nitrogen and oxygen atoms in total. The Bertz CT molecular complexity index is 178. The summed E-state index contributed by atoms with van der Waals surface area (Å²) in [6.07, 6.45) is 14.2. The lowest BCUT2D eigenvalue weighted by molar-refractivity contribution is 0.189. The molecule has 1 unspecified atom stereocenters. The van der Waals surface area contributed by atoms with E-state index in [0.29, 0.717) is 0 Å². The van der Waals surface area contributed by atoms with E-state index in [1.807, 2.05) is 0 Å². The summed E-state index contributed by atoms with van der Waals surface area (Å²) >= 11 is 0. The van der Waals surface area contributed by atoms with Gasteiger partial charge in [0.15, 0.2) is 0 Å². The van der Waals surface area contributed by atoms with Crippen LogP contribution in [0.4, 0.5) is 0 Å². The average molecular weight is 253 g/mol. The van der Waals surface area contributed by atoms with Gasteiger partial charge < -0.3 is 5.32 Å². The van der Waals surface area contributed by atoms with Gasteiger partial charge in [0, 0.05) is 6.04 Å². The molecule has 1 atom stereocenters. The summed E-state index contributed by atoms with van der Waals surface area (Å²) in [6.45, 7) is 8.20. The van der Waals surface area contributed by atoms with Crippen LogP contribution in [0.5, 0.6) is 0 Å². The Morgan fingerprint density at radius 1 is 0.889 bits per heavy atom. The van der Waals surface area contributed by atoms with Crippen LogP contribution >= 0.6 is 0 Å². The second-order valence-electron chi connectivity index (χ2n) is 6.22. The fraction of sp³-hybridized carbons (Fsp3) is 1.00. The summed E-state index contributed by atoms with van der Waals surface area (Å²) in [5, 5.41) is 3.91. The molecule has 1 aliphatic carbocycles. The minimum Gasteiger partial charge on any atom is -0.313 e. The van der Waals surface area contributed by atoms with Gasteiger partial charge in [0.05, 0.1) is 0 Å². The van der Waals surface area contributed by atoms with Crippen molar-refractivity contribution in [2.24, 2.45) is 11.8 Å². The van der Waals surface area contributed by atoms with Crippen molar-refractivity contribution in [1.82, 2.24) is 5.32 Å². The molecule has 1 heteroatoms. The second kappa shape index (κ2) is 9.83. The van der Waals surface area contributed by atoms with E-state index >= 15 is 0 Å². The minimum atomic E-state index is 0.810. The Kier molecular flexibility index (Phi) is 8.75. The molecule has 0 amide bonds. The molecule has 1 fully saturated rings. The number of nitrogens with one attached hydrogen (secondary N) is 1. The summed E-state index contributed by atoms with van der Waals surface area (Å²) < 4.78 is 0. The van der Waals surface area contributed by atoms with E-state index in [1.54, 1.807) is 0 Å². The SMILES string of the molecule is CCCNC(C(CCC)CCC)C1CCCCC1. The summed E-state index contributed by atoms with van der Waals surface area (Å²) in [4.78, 5) is 0. The Labute approximate surface area is 115 Å². The third kappa shape index (κ3) is 5.30. The van der Waals surface area contributed by atoms with Crippen LogP contribution in [0.25, 0.3) is 0 Å². The predicted octanol–water partition coefficient (Wildman–Crippen LogP) is 5.15. The van der Waals surface area contributed by atoms with Crippen LogP contribution in [0.3, 0.4) is 0 Å². The lowest BCUT2D eigenvalue weighted by Gasteiger charge is -2.37. The standard InChI is InChI=1S/C17H35N/c1-4-10-15(11-5-2)17(18-14-6-3)16-12-8-7-9-13-16/h15-18H,4-14H2,1-3H3. The van der Waals surface area contributed by atoms with E-state index in [-0.39, 0.29) is 0 Å². The van der Waals surface area contributed by atoms with E-state index in [9.17, 15) is 0 Å². The van der Waals surface area contributed by atoms with E-state index in [4.69, 9.17) is 0 Å². The molecule has 18 heavy (non-hydrogen) atoms. The third-order valence-corrected chi connectivity index (χ3v) is 4.61. The van der Waals surface area contributed by atoms with Gasteiger partial charge in [-0.25, -0.2) is 0 Å². The first-order valence-electron chi connectivity index (χ1n) is 8.56. The number of rotatable bonds is 9. The van der Waals surface area contributed by atoms with Crippen LogP contribution in [0.15, 0.2) is 0 Å². The maximum absolute atomic E-state index is 3.91. The van der Waals surface area contributed by atoms with Gasteiger partial charge in [0.1, 0.15) is 0 Å². The van der Waals surface area contributed by atoms with Gasteiger partial charge in [-0.1, -0.05) is 52.9 Å². The van der Waals surface area contributed by atoms with Crippen LogP contribution < -0.4 is 5.32 Å². The van der Waals surface area contributed by atoms with Gasteiger partial charge in [-0.05, 0) is 50.5 Å². The van der Waals surface area contributed by atoms with Crippen molar-refractivity contribution in [3.05, 3.63) is 0 Å². The molecule has 0 aromatic heterocycles. The number of hydrogen-bond acceptors (Lipinski definition) is 1. The fourth-order valence-corrected chi connectivity index (χ4v) is 3.77. The van der Waals surface area contributed by atoms with Gasteiger partial charge in [-0.2, -0.15) is 0 Å². The van der Waals surface area contributed by atoms with Crippen LogP contribution in [0, 0.1) is 11.8 Å². The summed E-state index contributed by atoms with van der Waals surface area (Å²) in [5.74, 6) is 1.89. The summed E-state index contributed by atoms with van der Waals surface area (Å²) in [7, 11) is 0. The van der Waals surface area contributed by atoms with Crippen LogP contribution in [-0.2, 0) is 0 Å². The molecule has 0 aliphatic heterocycles. The summed E-state index contributed by atoms with van der Waals surface area (Å²) in [5.41, 5.74) is 0. The molecule has 0 radical (unpaired) electrons. The van der Waals surface area contributed by atoms with Crippen molar-refractivity contribution >= 4 is 0 Å². The molecule has 0 heterocycles. The molecular formula is C17H35N. The van der Waals surface area contributed by atoms with Crippen molar-refractivity contribution < 1.29 is 0 Å². The highest BCUT2D eigenvalue weighted by Crippen LogP contribution is 2.32. The van der Waals surface area contributed by atoms with Crippen LogP contribution in [-0.4, -0.2) is 12.6 Å². The normalized spacial score (nSPS) is 19.3. The van der Waals surface area contributed by atoms with Gasteiger partial charge in [0.2, 0.25) is 0 Å². The van der Waals surface area contributed by atoms with Crippen molar-refractivity contribution in [2.75, 3.05) is 6.54 Å². The maximum Gasteiger partial charge on any atom is 0.0124 e. The lowest BCUT2D eigenvalue weighted by atomic mass is 9.76. The molecule has 0 aromatic carbocycles. The number of hydrogen-bond donors (Lipinski definition) is 1. The Morgan fingerprint density at radius 2 is 1.50 bits per heavy atom. The van der Waals surface area contributed by atoms with Crippen molar-refractivity contribution in [3.63, 3.8) is 0 Å². The largest absolute Gasteiger partial charge is 0.313 e. The Morgan fingerprint density at radius 3 is 2.00 bits per heavy atom. The Balaban J connectivity index is 2.59. The molecule has 1 aliphatic rings. The molecule has 0 bridgehead atoms. The van der Waals surface area contributed by atoms with Crippen molar-refractivity contribution in [1.29, 1.82) is 0 Å². The van der Waals surface area contributed by atoms with Gasteiger partial charge in [-0.3, -0.25) is 0 Å². The van der Waals surface area contributed by atoms with Crippen LogP contribution in [0.2, 0.25) is 0 Å². The molecule has 0 spiro atoms. The quantitative estimate of drug-likeness (QED) is 0.599. The first kappa shape index (κ1) is 16.0. The van der Waals surface area contributed by atoms with E-state index in [0.717, 1.165) is 17.9 Å². The maximum atomic E-state index is 3.91. The topological polar surface area (TPSA) is 12.0 Å². The molecule has 0 saturated heterocycles. The second-order valence-corrected chi connectivity index (χ2v) is 6.22. The smallest absolute Gasteiger partial charge is 0.0124 e. The zero-order chi connectivity index (χ0) is 13.2. The van der Waals surface area contributed by atoms with Gasteiger partial charge in [0.25, 0.3) is 0 Å². The highest BCUT2D eigenvalue weighted by atomic mass is 14.9. The Hall–Kier alpha value is -0.0400. The molecule has 1 saturated carbocycles. The first-order chi connectivity index (χ1) is 8.83. The molecule has 1 N–H and O–H groups in total. The van der Waals surface area contributed by atoms with E-state index < -0.39 is 0 Å².